The molecular formula is C28H27N3O2. The van der Waals surface area contributed by atoms with E-state index in [1.807, 2.05) is 42.5 Å². The van der Waals surface area contributed by atoms with Crippen molar-refractivity contribution in [3.05, 3.63) is 101 Å². The maximum Gasteiger partial charge on any atom is 0.264 e. The van der Waals surface area contributed by atoms with Crippen molar-refractivity contribution in [3.8, 4) is 11.8 Å². The zero-order chi connectivity index (χ0) is 23.0. The van der Waals surface area contributed by atoms with Gasteiger partial charge in [0.25, 0.3) is 5.91 Å². The van der Waals surface area contributed by atoms with Crippen LogP contribution in [0.1, 0.15) is 16.7 Å². The fourth-order valence-corrected chi connectivity index (χ4v) is 3.80. The van der Waals surface area contributed by atoms with Crippen molar-refractivity contribution >= 4 is 17.7 Å². The highest BCUT2D eigenvalue weighted by Gasteiger charge is 2.23. The number of hydrogen-bond acceptors (Lipinski definition) is 4. The zero-order valence-electron chi connectivity index (χ0n) is 18.8. The number of aryl methyl sites for hydroxylation is 1. The fraction of sp³-hybridized carbons (Fsp3) is 0.214. The van der Waals surface area contributed by atoms with Crippen LogP contribution in [0, 0.1) is 18.3 Å². The second-order valence-electron chi connectivity index (χ2n) is 8.13. The monoisotopic (exact) mass is 437 g/mol. The SMILES string of the molecule is Cc1ccc(COc2ccc(/C=C(/C#N)C(=O)N3CCN(c4ccccc4)CC3)cc2)cc1. The largest absolute Gasteiger partial charge is 0.489 e. The summed E-state index contributed by atoms with van der Waals surface area (Å²) in [5.74, 6) is 0.527. The minimum atomic E-state index is -0.218. The molecule has 0 unspecified atom stereocenters. The average molecular weight is 438 g/mol. The molecule has 0 N–H and O–H groups in total. The number of amides is 1. The Balaban J connectivity index is 1.34. The van der Waals surface area contributed by atoms with Gasteiger partial charge in [0, 0.05) is 31.9 Å². The molecule has 0 aliphatic carbocycles. The molecule has 3 aromatic carbocycles. The molecule has 1 fully saturated rings. The van der Waals surface area contributed by atoms with E-state index in [0.717, 1.165) is 35.7 Å². The third-order valence-electron chi connectivity index (χ3n) is 5.76. The quantitative estimate of drug-likeness (QED) is 0.409. The van der Waals surface area contributed by atoms with Crippen LogP contribution in [-0.4, -0.2) is 37.0 Å². The molecule has 1 saturated heterocycles. The van der Waals surface area contributed by atoms with E-state index in [-0.39, 0.29) is 11.5 Å². The van der Waals surface area contributed by atoms with Gasteiger partial charge in [-0.2, -0.15) is 5.26 Å². The number of piperazine rings is 1. The number of nitrogens with zero attached hydrogens (tertiary/aromatic N) is 3. The Morgan fingerprint density at radius 2 is 1.61 bits per heavy atom. The number of carbonyl (C=O) groups excluding carboxylic acids is 1. The number of benzene rings is 3. The first-order valence-electron chi connectivity index (χ1n) is 11.1. The minimum Gasteiger partial charge on any atom is -0.489 e. The summed E-state index contributed by atoms with van der Waals surface area (Å²) >= 11 is 0. The van der Waals surface area contributed by atoms with Gasteiger partial charge in [-0.25, -0.2) is 0 Å². The number of hydrogen-bond donors (Lipinski definition) is 0. The van der Waals surface area contributed by atoms with Gasteiger partial charge >= 0.3 is 0 Å². The maximum atomic E-state index is 12.9. The number of anilines is 1. The first-order chi connectivity index (χ1) is 16.1. The molecule has 0 radical (unpaired) electrons. The zero-order valence-corrected chi connectivity index (χ0v) is 18.8. The Labute approximate surface area is 195 Å². The highest BCUT2D eigenvalue weighted by atomic mass is 16.5. The van der Waals surface area contributed by atoms with Gasteiger partial charge in [-0.3, -0.25) is 4.79 Å². The topological polar surface area (TPSA) is 56.6 Å². The van der Waals surface area contributed by atoms with Gasteiger partial charge in [0.15, 0.2) is 0 Å². The van der Waals surface area contributed by atoms with Crippen LogP contribution in [-0.2, 0) is 11.4 Å². The normalized spacial score (nSPS) is 14.0. The van der Waals surface area contributed by atoms with Gasteiger partial charge in [0.05, 0.1) is 0 Å². The van der Waals surface area contributed by atoms with Crippen LogP contribution < -0.4 is 9.64 Å². The van der Waals surface area contributed by atoms with E-state index >= 15 is 0 Å². The van der Waals surface area contributed by atoms with Gasteiger partial charge in [0.1, 0.15) is 24.0 Å². The molecule has 0 atom stereocenters. The summed E-state index contributed by atoms with van der Waals surface area (Å²) in [6, 6.07) is 27.9. The minimum absolute atomic E-state index is 0.150. The number of nitriles is 1. The number of rotatable bonds is 6. The van der Waals surface area contributed by atoms with Gasteiger partial charge in [-0.15, -0.1) is 0 Å². The van der Waals surface area contributed by atoms with E-state index < -0.39 is 0 Å². The lowest BCUT2D eigenvalue weighted by Crippen LogP contribution is -2.49. The number of para-hydroxylation sites is 1. The Morgan fingerprint density at radius 1 is 0.939 bits per heavy atom. The first kappa shape index (κ1) is 22.2. The molecule has 1 amide bonds. The highest BCUT2D eigenvalue weighted by Crippen LogP contribution is 2.19. The molecule has 4 rings (SSSR count). The van der Waals surface area contributed by atoms with E-state index in [9.17, 15) is 10.1 Å². The summed E-state index contributed by atoms with van der Waals surface area (Å²) in [6.07, 6.45) is 1.65. The Bertz CT molecular complexity index is 1140. The Hall–Kier alpha value is -4.04. The number of carbonyl (C=O) groups is 1. The molecule has 166 valence electrons. The Kier molecular flexibility index (Phi) is 7.06. The third kappa shape index (κ3) is 5.81. The summed E-state index contributed by atoms with van der Waals surface area (Å²) in [4.78, 5) is 16.9. The maximum absolute atomic E-state index is 12.9. The summed E-state index contributed by atoms with van der Waals surface area (Å²) in [6.45, 7) is 5.24. The molecule has 1 heterocycles. The van der Waals surface area contributed by atoms with Crippen molar-refractivity contribution in [2.45, 2.75) is 13.5 Å². The predicted octanol–water partition coefficient (Wildman–Crippen LogP) is 4.83. The van der Waals surface area contributed by atoms with Crippen LogP contribution >= 0.6 is 0 Å². The molecule has 0 spiro atoms. The predicted molar refractivity (Wildman–Crippen MR) is 131 cm³/mol. The summed E-state index contributed by atoms with van der Waals surface area (Å²) in [7, 11) is 0. The van der Waals surface area contributed by atoms with Crippen LogP contribution in [0.25, 0.3) is 6.08 Å². The molecule has 5 nitrogen and oxygen atoms in total. The van der Waals surface area contributed by atoms with Gasteiger partial charge < -0.3 is 14.5 Å². The van der Waals surface area contributed by atoms with Crippen LogP contribution in [0.15, 0.2) is 84.4 Å². The number of ether oxygens (including phenoxy) is 1. The molecule has 33 heavy (non-hydrogen) atoms. The van der Waals surface area contributed by atoms with Crippen molar-refractivity contribution in [2.75, 3.05) is 31.1 Å². The fourth-order valence-electron chi connectivity index (χ4n) is 3.80. The van der Waals surface area contributed by atoms with Crippen molar-refractivity contribution in [3.63, 3.8) is 0 Å². The summed E-state index contributed by atoms with van der Waals surface area (Å²) < 4.78 is 5.84. The molecule has 0 saturated carbocycles. The summed E-state index contributed by atoms with van der Waals surface area (Å²) in [5, 5.41) is 9.60. The lowest BCUT2D eigenvalue weighted by Gasteiger charge is -2.36. The van der Waals surface area contributed by atoms with Crippen molar-refractivity contribution in [2.24, 2.45) is 0 Å². The van der Waals surface area contributed by atoms with Crippen LogP contribution in [0.5, 0.6) is 5.75 Å². The third-order valence-corrected chi connectivity index (χ3v) is 5.76. The van der Waals surface area contributed by atoms with Crippen LogP contribution in [0.3, 0.4) is 0 Å². The van der Waals surface area contributed by atoms with E-state index in [0.29, 0.717) is 19.7 Å². The Morgan fingerprint density at radius 3 is 2.24 bits per heavy atom. The van der Waals surface area contributed by atoms with E-state index in [1.54, 1.807) is 11.0 Å². The molecule has 1 aliphatic rings. The van der Waals surface area contributed by atoms with Crippen molar-refractivity contribution in [1.82, 2.24) is 4.90 Å². The lowest BCUT2D eigenvalue weighted by atomic mass is 10.1. The van der Waals surface area contributed by atoms with Gasteiger partial charge in [-0.05, 0) is 48.4 Å². The van der Waals surface area contributed by atoms with Crippen molar-refractivity contribution in [1.29, 1.82) is 5.26 Å². The summed E-state index contributed by atoms with van der Waals surface area (Å²) in [5.41, 5.74) is 4.43. The molecule has 0 aromatic heterocycles. The molecule has 3 aromatic rings. The standard InChI is InChI=1S/C28H27N3O2/c1-22-7-9-24(10-8-22)21-33-27-13-11-23(12-14-27)19-25(20-29)28(32)31-17-15-30(16-18-31)26-5-3-2-4-6-26/h2-14,19H,15-18,21H2,1H3/b25-19-. The molecule has 1 aliphatic heterocycles. The smallest absolute Gasteiger partial charge is 0.264 e. The molecule has 0 bridgehead atoms. The van der Waals surface area contributed by atoms with E-state index in [4.69, 9.17) is 4.74 Å². The van der Waals surface area contributed by atoms with Gasteiger partial charge in [0.2, 0.25) is 0 Å². The lowest BCUT2D eigenvalue weighted by molar-refractivity contribution is -0.126. The second-order valence-corrected chi connectivity index (χ2v) is 8.13. The van der Waals surface area contributed by atoms with Crippen LogP contribution in [0.4, 0.5) is 5.69 Å². The van der Waals surface area contributed by atoms with Gasteiger partial charge in [-0.1, -0.05) is 60.2 Å². The molecule has 5 heteroatoms. The first-order valence-corrected chi connectivity index (χ1v) is 11.1. The van der Waals surface area contributed by atoms with E-state index in [1.165, 1.54) is 5.56 Å². The van der Waals surface area contributed by atoms with Crippen molar-refractivity contribution < 1.29 is 9.53 Å². The second kappa shape index (κ2) is 10.5. The van der Waals surface area contributed by atoms with Crippen LogP contribution in [0.2, 0.25) is 0 Å². The average Bonchev–Trinajstić information content (AvgIpc) is 2.88. The van der Waals surface area contributed by atoms with E-state index in [2.05, 4.69) is 54.3 Å². The highest BCUT2D eigenvalue weighted by molar-refractivity contribution is 6.01. The molecular weight excluding hydrogens is 410 g/mol.